The van der Waals surface area contributed by atoms with Gasteiger partial charge in [-0.1, -0.05) is 65.2 Å². The highest BCUT2D eigenvalue weighted by Crippen LogP contribution is 2.45. The predicted octanol–water partition coefficient (Wildman–Crippen LogP) is 5.42. The Balaban J connectivity index is 1.97. The lowest BCUT2D eigenvalue weighted by atomic mass is 9.72. The highest BCUT2D eigenvalue weighted by atomic mass is 14.4. The molecule has 0 bridgehead atoms. The zero-order valence-electron chi connectivity index (χ0n) is 11.4. The van der Waals surface area contributed by atoms with Crippen LogP contribution in [0.3, 0.4) is 0 Å². The van der Waals surface area contributed by atoms with Gasteiger partial charge in [-0.05, 0) is 36.5 Å². The van der Waals surface area contributed by atoms with Crippen LogP contribution in [0.2, 0.25) is 0 Å². The van der Waals surface area contributed by atoms with Crippen molar-refractivity contribution in [2.75, 3.05) is 0 Å². The molecule has 94 valence electrons. The summed E-state index contributed by atoms with van der Waals surface area (Å²) in [6, 6.07) is 0. The second kappa shape index (κ2) is 6.07. The first-order chi connectivity index (χ1) is 7.81. The van der Waals surface area contributed by atoms with Gasteiger partial charge in [-0.3, -0.25) is 0 Å². The zero-order chi connectivity index (χ0) is 11.4. The van der Waals surface area contributed by atoms with Crippen molar-refractivity contribution >= 4 is 0 Å². The first-order valence-electron chi connectivity index (χ1n) is 7.81. The molecule has 0 heterocycles. The number of unbranched alkanes of at least 4 members (excludes halogenated alkanes) is 1. The van der Waals surface area contributed by atoms with Crippen LogP contribution in [-0.2, 0) is 0 Å². The molecule has 0 aromatic heterocycles. The highest BCUT2D eigenvalue weighted by Gasteiger charge is 2.34. The first-order valence-corrected chi connectivity index (χ1v) is 7.81. The third-order valence-corrected chi connectivity index (χ3v) is 5.23. The summed E-state index contributed by atoms with van der Waals surface area (Å²) in [5.41, 5.74) is 0. The second-order valence-corrected chi connectivity index (χ2v) is 6.53. The van der Waals surface area contributed by atoms with E-state index in [4.69, 9.17) is 0 Å². The molecule has 0 nitrogen and oxygen atoms in total. The maximum absolute atomic E-state index is 2.49. The van der Waals surface area contributed by atoms with Gasteiger partial charge in [-0.2, -0.15) is 0 Å². The molecule has 4 atom stereocenters. The van der Waals surface area contributed by atoms with Crippen molar-refractivity contribution in [2.45, 2.75) is 78.1 Å². The number of hydrogen-bond donors (Lipinski definition) is 0. The second-order valence-electron chi connectivity index (χ2n) is 6.53. The molecule has 2 aliphatic carbocycles. The molecule has 0 heteroatoms. The fourth-order valence-electron chi connectivity index (χ4n) is 4.38. The topological polar surface area (TPSA) is 0 Å². The minimum absolute atomic E-state index is 1.00. The Morgan fingerprint density at radius 2 is 1.75 bits per heavy atom. The van der Waals surface area contributed by atoms with Gasteiger partial charge in [0.1, 0.15) is 0 Å². The van der Waals surface area contributed by atoms with Gasteiger partial charge < -0.3 is 0 Å². The molecule has 2 fully saturated rings. The molecule has 0 N–H and O–H groups in total. The Labute approximate surface area is 102 Å². The molecule has 0 aromatic carbocycles. The van der Waals surface area contributed by atoms with Gasteiger partial charge in [0.2, 0.25) is 0 Å². The Bertz CT molecular complexity index is 196. The van der Waals surface area contributed by atoms with Crippen molar-refractivity contribution in [1.29, 1.82) is 0 Å². The Morgan fingerprint density at radius 3 is 2.50 bits per heavy atom. The molecule has 2 aliphatic rings. The molecule has 0 spiro atoms. The summed E-state index contributed by atoms with van der Waals surface area (Å²) in [4.78, 5) is 0. The standard InChI is InChI=1S/C16H30/c1-3-4-8-15-12-13(2)7-5-9-14-10-6-11-16(14)15/h13-16H,3-12H2,1-2H3. The average Bonchev–Trinajstić information content (AvgIpc) is 2.69. The molecule has 2 saturated carbocycles. The van der Waals surface area contributed by atoms with E-state index in [9.17, 15) is 0 Å². The summed E-state index contributed by atoms with van der Waals surface area (Å²) in [5, 5.41) is 0. The zero-order valence-corrected chi connectivity index (χ0v) is 11.4. The molecule has 0 aromatic rings. The molecule has 0 amide bonds. The van der Waals surface area contributed by atoms with Crippen molar-refractivity contribution in [1.82, 2.24) is 0 Å². The van der Waals surface area contributed by atoms with Crippen LogP contribution in [0, 0.1) is 23.7 Å². The van der Waals surface area contributed by atoms with E-state index in [1.54, 1.807) is 25.7 Å². The Morgan fingerprint density at radius 1 is 1.00 bits per heavy atom. The molecule has 4 unspecified atom stereocenters. The van der Waals surface area contributed by atoms with Crippen LogP contribution in [-0.4, -0.2) is 0 Å². The van der Waals surface area contributed by atoms with E-state index in [1.165, 1.54) is 38.5 Å². The van der Waals surface area contributed by atoms with Gasteiger partial charge in [0, 0.05) is 0 Å². The summed E-state index contributed by atoms with van der Waals surface area (Å²) >= 11 is 0. The van der Waals surface area contributed by atoms with E-state index >= 15 is 0 Å². The summed E-state index contributed by atoms with van der Waals surface area (Å²) in [6.45, 7) is 4.84. The Kier molecular flexibility index (Phi) is 4.73. The van der Waals surface area contributed by atoms with Gasteiger partial charge in [0.15, 0.2) is 0 Å². The average molecular weight is 222 g/mol. The van der Waals surface area contributed by atoms with Crippen LogP contribution in [0.15, 0.2) is 0 Å². The molecular formula is C16H30. The highest BCUT2D eigenvalue weighted by molar-refractivity contribution is 4.85. The number of fused-ring (bicyclic) bond motifs is 1. The van der Waals surface area contributed by atoms with Gasteiger partial charge >= 0.3 is 0 Å². The van der Waals surface area contributed by atoms with Crippen molar-refractivity contribution in [3.8, 4) is 0 Å². The van der Waals surface area contributed by atoms with Crippen molar-refractivity contribution < 1.29 is 0 Å². The molecule has 16 heavy (non-hydrogen) atoms. The maximum atomic E-state index is 2.49. The van der Waals surface area contributed by atoms with E-state index < -0.39 is 0 Å². The monoisotopic (exact) mass is 222 g/mol. The maximum Gasteiger partial charge on any atom is -0.0357 e. The van der Waals surface area contributed by atoms with E-state index in [0.29, 0.717) is 0 Å². The van der Waals surface area contributed by atoms with Crippen LogP contribution < -0.4 is 0 Å². The third kappa shape index (κ3) is 3.02. The number of rotatable bonds is 3. The van der Waals surface area contributed by atoms with Crippen molar-refractivity contribution in [3.63, 3.8) is 0 Å². The predicted molar refractivity (Wildman–Crippen MR) is 71.5 cm³/mol. The lowest BCUT2D eigenvalue weighted by molar-refractivity contribution is 0.170. The Hall–Kier alpha value is 0. The third-order valence-electron chi connectivity index (χ3n) is 5.23. The summed E-state index contributed by atoms with van der Waals surface area (Å²) in [5.74, 6) is 4.33. The van der Waals surface area contributed by atoms with E-state index in [2.05, 4.69) is 13.8 Å². The van der Waals surface area contributed by atoms with Crippen LogP contribution in [0.1, 0.15) is 78.1 Å². The van der Waals surface area contributed by atoms with E-state index in [-0.39, 0.29) is 0 Å². The van der Waals surface area contributed by atoms with Gasteiger partial charge in [0.05, 0.1) is 0 Å². The summed E-state index contributed by atoms with van der Waals surface area (Å²) in [7, 11) is 0. The fourth-order valence-corrected chi connectivity index (χ4v) is 4.38. The van der Waals surface area contributed by atoms with Crippen LogP contribution in [0.4, 0.5) is 0 Å². The van der Waals surface area contributed by atoms with Crippen LogP contribution >= 0.6 is 0 Å². The molecule has 0 saturated heterocycles. The van der Waals surface area contributed by atoms with Gasteiger partial charge in [-0.25, -0.2) is 0 Å². The molecule has 2 rings (SSSR count). The van der Waals surface area contributed by atoms with Gasteiger partial charge in [0.25, 0.3) is 0 Å². The SMILES string of the molecule is CCCCC1CC(C)CCCC2CCCC21. The summed E-state index contributed by atoms with van der Waals surface area (Å²) < 4.78 is 0. The molecule has 0 aliphatic heterocycles. The van der Waals surface area contributed by atoms with Crippen LogP contribution in [0.25, 0.3) is 0 Å². The summed E-state index contributed by atoms with van der Waals surface area (Å²) in [6.07, 6.45) is 15.2. The normalized spacial score (nSPS) is 40.1. The van der Waals surface area contributed by atoms with Crippen molar-refractivity contribution in [3.05, 3.63) is 0 Å². The quantitative estimate of drug-likeness (QED) is 0.598. The molecular weight excluding hydrogens is 192 g/mol. The van der Waals surface area contributed by atoms with E-state index in [1.807, 2.05) is 0 Å². The van der Waals surface area contributed by atoms with Gasteiger partial charge in [-0.15, -0.1) is 0 Å². The van der Waals surface area contributed by atoms with E-state index in [0.717, 1.165) is 23.7 Å². The lowest BCUT2D eigenvalue weighted by Gasteiger charge is -2.33. The minimum atomic E-state index is 1.00. The first kappa shape index (κ1) is 12.5. The van der Waals surface area contributed by atoms with Crippen molar-refractivity contribution in [2.24, 2.45) is 23.7 Å². The smallest absolute Gasteiger partial charge is 0.0357 e. The molecule has 0 radical (unpaired) electrons. The largest absolute Gasteiger partial charge is 0.0654 e. The lowest BCUT2D eigenvalue weighted by Crippen LogP contribution is -2.23. The fraction of sp³-hybridized carbons (Fsp3) is 1.00. The van der Waals surface area contributed by atoms with Crippen LogP contribution in [0.5, 0.6) is 0 Å². The number of hydrogen-bond acceptors (Lipinski definition) is 0. The minimum Gasteiger partial charge on any atom is -0.0654 e.